The molecule has 2 fully saturated rings. The normalized spacial score (nSPS) is 18.0. The lowest BCUT2D eigenvalue weighted by molar-refractivity contribution is -0.143. The second-order valence-electron chi connectivity index (χ2n) is 7.07. The van der Waals surface area contributed by atoms with Gasteiger partial charge in [0.05, 0.1) is 11.5 Å². The maximum Gasteiger partial charge on any atom is 0.321 e. The first-order valence-electron chi connectivity index (χ1n) is 9.42. The standard InChI is InChI=1S/C19H26N2O5S/c1-2-26-19(23)14-21(13-15-3-4-15)27(24,25)18-7-5-16(6-8-18)20-11-9-17(22)10-12-20/h5-8,15H,2-4,9-14H2,1H3. The summed E-state index contributed by atoms with van der Waals surface area (Å²) < 4.78 is 32.2. The lowest BCUT2D eigenvalue weighted by atomic mass is 10.1. The van der Waals surface area contributed by atoms with Gasteiger partial charge >= 0.3 is 5.97 Å². The maximum atomic E-state index is 13.0. The Balaban J connectivity index is 1.74. The molecule has 1 aromatic rings. The van der Waals surface area contributed by atoms with Gasteiger partial charge in [-0.2, -0.15) is 4.31 Å². The highest BCUT2D eigenvalue weighted by atomic mass is 32.2. The van der Waals surface area contributed by atoms with Crippen molar-refractivity contribution in [1.82, 2.24) is 4.31 Å². The first-order valence-corrected chi connectivity index (χ1v) is 10.9. The van der Waals surface area contributed by atoms with Gasteiger partial charge in [-0.05, 0) is 49.9 Å². The fourth-order valence-corrected chi connectivity index (χ4v) is 4.64. The van der Waals surface area contributed by atoms with Gasteiger partial charge in [-0.1, -0.05) is 0 Å². The highest BCUT2D eigenvalue weighted by Gasteiger charge is 2.33. The molecule has 2 aliphatic rings. The Morgan fingerprint density at radius 3 is 2.37 bits per heavy atom. The number of sulfonamides is 1. The molecular formula is C19H26N2O5S. The Morgan fingerprint density at radius 1 is 1.19 bits per heavy atom. The summed E-state index contributed by atoms with van der Waals surface area (Å²) in [5.74, 6) is 0.0517. The fraction of sp³-hybridized carbons (Fsp3) is 0.579. The summed E-state index contributed by atoms with van der Waals surface area (Å²) in [7, 11) is -3.77. The van der Waals surface area contributed by atoms with Crippen LogP contribution in [0, 0.1) is 5.92 Å². The fourth-order valence-electron chi connectivity index (χ4n) is 3.18. The van der Waals surface area contributed by atoms with Gasteiger partial charge in [0.1, 0.15) is 12.3 Å². The van der Waals surface area contributed by atoms with Crippen LogP contribution in [0.5, 0.6) is 0 Å². The zero-order chi connectivity index (χ0) is 19.4. The van der Waals surface area contributed by atoms with E-state index in [2.05, 4.69) is 4.90 Å². The van der Waals surface area contributed by atoms with Crippen LogP contribution in [0.25, 0.3) is 0 Å². The number of esters is 1. The molecule has 3 rings (SSSR count). The van der Waals surface area contributed by atoms with E-state index in [1.807, 2.05) is 0 Å². The highest BCUT2D eigenvalue weighted by Crippen LogP contribution is 2.32. The zero-order valence-electron chi connectivity index (χ0n) is 15.6. The number of carbonyl (C=O) groups is 2. The van der Waals surface area contributed by atoms with Gasteiger partial charge in [0.25, 0.3) is 0 Å². The first-order chi connectivity index (χ1) is 12.9. The molecule has 0 bridgehead atoms. The Bertz CT molecular complexity index is 777. The number of ether oxygens (including phenoxy) is 1. The summed E-state index contributed by atoms with van der Waals surface area (Å²) in [6.45, 7) is 3.32. The molecule has 1 saturated carbocycles. The largest absolute Gasteiger partial charge is 0.465 e. The van der Waals surface area contributed by atoms with Crippen LogP contribution in [0.15, 0.2) is 29.2 Å². The van der Waals surface area contributed by atoms with E-state index in [9.17, 15) is 18.0 Å². The molecule has 8 heteroatoms. The lowest BCUT2D eigenvalue weighted by Gasteiger charge is -2.28. The molecule has 1 aliphatic carbocycles. The quantitative estimate of drug-likeness (QED) is 0.626. The summed E-state index contributed by atoms with van der Waals surface area (Å²) in [6, 6.07) is 6.68. The number of hydrogen-bond donors (Lipinski definition) is 0. The van der Waals surface area contributed by atoms with E-state index >= 15 is 0 Å². The van der Waals surface area contributed by atoms with E-state index in [1.165, 1.54) is 4.31 Å². The van der Waals surface area contributed by atoms with E-state index in [1.54, 1.807) is 31.2 Å². The predicted octanol–water partition coefficient (Wildman–Crippen LogP) is 1.82. The maximum absolute atomic E-state index is 13.0. The van der Waals surface area contributed by atoms with Gasteiger partial charge in [0.15, 0.2) is 0 Å². The van der Waals surface area contributed by atoms with Crippen LogP contribution in [0.1, 0.15) is 32.6 Å². The third-order valence-corrected chi connectivity index (χ3v) is 6.76. The average molecular weight is 394 g/mol. The van der Waals surface area contributed by atoms with Gasteiger partial charge in [-0.3, -0.25) is 9.59 Å². The number of carbonyl (C=O) groups excluding carboxylic acids is 2. The summed E-state index contributed by atoms with van der Waals surface area (Å²) in [5.41, 5.74) is 0.903. The van der Waals surface area contributed by atoms with Gasteiger partial charge in [0.2, 0.25) is 10.0 Å². The minimum Gasteiger partial charge on any atom is -0.465 e. The summed E-state index contributed by atoms with van der Waals surface area (Å²) in [4.78, 5) is 25.5. The number of nitrogens with zero attached hydrogens (tertiary/aromatic N) is 2. The van der Waals surface area contributed by atoms with E-state index in [4.69, 9.17) is 4.74 Å². The number of ketones is 1. The molecule has 1 saturated heterocycles. The van der Waals surface area contributed by atoms with E-state index in [-0.39, 0.29) is 23.8 Å². The van der Waals surface area contributed by atoms with E-state index in [0.29, 0.717) is 38.4 Å². The van der Waals surface area contributed by atoms with E-state index < -0.39 is 16.0 Å². The molecule has 0 N–H and O–H groups in total. The summed E-state index contributed by atoms with van der Waals surface area (Å²) in [5, 5.41) is 0. The highest BCUT2D eigenvalue weighted by molar-refractivity contribution is 7.89. The molecule has 0 radical (unpaired) electrons. The van der Waals surface area contributed by atoms with Crippen molar-refractivity contribution in [3.63, 3.8) is 0 Å². The Kier molecular flexibility index (Phi) is 6.16. The van der Waals surface area contributed by atoms with Crippen molar-refractivity contribution < 1.29 is 22.7 Å². The van der Waals surface area contributed by atoms with Crippen LogP contribution in [0.2, 0.25) is 0 Å². The topological polar surface area (TPSA) is 84.0 Å². The van der Waals surface area contributed by atoms with Gasteiger partial charge in [-0.25, -0.2) is 8.42 Å². The molecule has 1 aromatic carbocycles. The first kappa shape index (κ1) is 19.8. The molecule has 0 unspecified atom stereocenters. The number of rotatable bonds is 8. The molecule has 27 heavy (non-hydrogen) atoms. The summed E-state index contributed by atoms with van der Waals surface area (Å²) in [6.07, 6.45) is 3.02. The Hall–Kier alpha value is -1.93. The lowest BCUT2D eigenvalue weighted by Crippen LogP contribution is -2.38. The molecule has 7 nitrogen and oxygen atoms in total. The van der Waals surface area contributed by atoms with E-state index in [0.717, 1.165) is 18.5 Å². The van der Waals surface area contributed by atoms with Crippen LogP contribution in [-0.4, -0.2) is 57.3 Å². The van der Waals surface area contributed by atoms with Crippen LogP contribution in [0.3, 0.4) is 0 Å². The number of hydrogen-bond acceptors (Lipinski definition) is 6. The van der Waals surface area contributed by atoms with Crippen molar-refractivity contribution in [1.29, 1.82) is 0 Å². The second-order valence-corrected chi connectivity index (χ2v) is 9.00. The minimum absolute atomic E-state index is 0.171. The van der Waals surface area contributed by atoms with Gasteiger partial charge in [-0.15, -0.1) is 0 Å². The number of benzene rings is 1. The molecule has 1 aliphatic heterocycles. The van der Waals surface area contributed by atoms with Crippen molar-refractivity contribution in [3.05, 3.63) is 24.3 Å². The monoisotopic (exact) mass is 394 g/mol. The van der Waals surface area contributed by atoms with Crippen molar-refractivity contribution in [3.8, 4) is 0 Å². The van der Waals surface area contributed by atoms with Crippen LogP contribution < -0.4 is 4.90 Å². The average Bonchev–Trinajstić information content (AvgIpc) is 3.46. The van der Waals surface area contributed by atoms with Crippen LogP contribution in [-0.2, 0) is 24.3 Å². The number of anilines is 1. The van der Waals surface area contributed by atoms with Crippen molar-refractivity contribution in [2.75, 3.05) is 37.7 Å². The predicted molar refractivity (Wildman–Crippen MR) is 101 cm³/mol. The Morgan fingerprint density at radius 2 is 1.81 bits per heavy atom. The van der Waals surface area contributed by atoms with Gasteiger partial charge in [0, 0.05) is 38.2 Å². The van der Waals surface area contributed by atoms with Crippen LogP contribution in [0.4, 0.5) is 5.69 Å². The number of piperidine rings is 1. The SMILES string of the molecule is CCOC(=O)CN(CC1CC1)S(=O)(=O)c1ccc(N2CCC(=O)CC2)cc1. The molecule has 0 atom stereocenters. The second kappa shape index (κ2) is 8.39. The smallest absolute Gasteiger partial charge is 0.321 e. The molecule has 0 aromatic heterocycles. The zero-order valence-corrected chi connectivity index (χ0v) is 16.4. The third-order valence-electron chi connectivity index (χ3n) is 4.93. The summed E-state index contributed by atoms with van der Waals surface area (Å²) >= 11 is 0. The van der Waals surface area contributed by atoms with Crippen LogP contribution >= 0.6 is 0 Å². The van der Waals surface area contributed by atoms with Crippen molar-refractivity contribution in [2.24, 2.45) is 5.92 Å². The molecule has 0 spiro atoms. The minimum atomic E-state index is -3.77. The van der Waals surface area contributed by atoms with Gasteiger partial charge < -0.3 is 9.64 Å². The third kappa shape index (κ3) is 5.07. The number of Topliss-reactive ketones (excluding diaryl/α,β-unsaturated/α-hetero) is 1. The molecule has 1 heterocycles. The Labute approximate surface area is 160 Å². The molecule has 0 amide bonds. The van der Waals surface area contributed by atoms with Crippen molar-refractivity contribution >= 4 is 27.5 Å². The molecule has 148 valence electrons. The molecular weight excluding hydrogens is 368 g/mol. The van der Waals surface area contributed by atoms with Crippen molar-refractivity contribution in [2.45, 2.75) is 37.5 Å².